The van der Waals surface area contributed by atoms with Crippen LogP contribution in [0.5, 0.6) is 5.75 Å². The number of rotatable bonds is 7. The molecular weight excluding hydrogens is 284 g/mol. The van der Waals surface area contributed by atoms with E-state index in [0.717, 1.165) is 10.6 Å². The Morgan fingerprint density at radius 2 is 2.21 bits per heavy atom. The van der Waals surface area contributed by atoms with E-state index < -0.39 is 0 Å². The highest BCUT2D eigenvalue weighted by Gasteiger charge is 2.05. The van der Waals surface area contributed by atoms with Gasteiger partial charge in [0.15, 0.2) is 0 Å². The van der Waals surface area contributed by atoms with Gasteiger partial charge in [0.25, 0.3) is 0 Å². The average molecular weight is 305 g/mol. The molecule has 4 nitrogen and oxygen atoms in total. The van der Waals surface area contributed by atoms with Crippen LogP contribution in [0.4, 0.5) is 0 Å². The van der Waals surface area contributed by atoms with Gasteiger partial charge in [-0.15, -0.1) is 24.2 Å². The summed E-state index contributed by atoms with van der Waals surface area (Å²) in [6.45, 7) is 2.67. The number of hydrogen-bond acceptors (Lipinski definition) is 4. The van der Waals surface area contributed by atoms with Crippen LogP contribution in [0, 0.1) is 0 Å². The first-order valence-electron chi connectivity index (χ1n) is 5.86. The zero-order valence-corrected chi connectivity index (χ0v) is 13.1. The Hall–Kier alpha value is -0.910. The number of benzene rings is 1. The van der Waals surface area contributed by atoms with Gasteiger partial charge < -0.3 is 15.4 Å². The van der Waals surface area contributed by atoms with Crippen molar-refractivity contribution in [3.63, 3.8) is 0 Å². The van der Waals surface area contributed by atoms with E-state index in [9.17, 15) is 4.79 Å². The van der Waals surface area contributed by atoms with E-state index in [1.807, 2.05) is 38.2 Å². The van der Waals surface area contributed by atoms with Gasteiger partial charge in [0, 0.05) is 17.5 Å². The second-order valence-electron chi connectivity index (χ2n) is 3.96. The Labute approximate surface area is 125 Å². The maximum Gasteiger partial charge on any atom is 0.230 e. The molecule has 0 saturated heterocycles. The normalized spacial score (nSPS) is 11.3. The number of thioether (sulfide) groups is 1. The van der Waals surface area contributed by atoms with Crippen LogP contribution in [-0.4, -0.2) is 38.4 Å². The molecule has 0 aliphatic heterocycles. The van der Waals surface area contributed by atoms with Gasteiger partial charge in [0.1, 0.15) is 5.75 Å². The van der Waals surface area contributed by atoms with Crippen LogP contribution in [0.1, 0.15) is 6.92 Å². The Kier molecular flexibility index (Phi) is 9.47. The second kappa shape index (κ2) is 9.95. The largest absolute Gasteiger partial charge is 0.497 e. The fourth-order valence-electron chi connectivity index (χ4n) is 1.26. The van der Waals surface area contributed by atoms with Gasteiger partial charge in [-0.1, -0.05) is 6.07 Å². The van der Waals surface area contributed by atoms with Crippen molar-refractivity contribution in [3.05, 3.63) is 24.3 Å². The number of ether oxygens (including phenoxy) is 1. The molecule has 19 heavy (non-hydrogen) atoms. The lowest BCUT2D eigenvalue weighted by molar-refractivity contribution is -0.118. The molecule has 1 atom stereocenters. The summed E-state index contributed by atoms with van der Waals surface area (Å²) in [5.74, 6) is 1.28. The molecular formula is C13H21ClN2O2S. The average Bonchev–Trinajstić information content (AvgIpc) is 2.42. The van der Waals surface area contributed by atoms with Crippen molar-refractivity contribution in [1.29, 1.82) is 0 Å². The predicted octanol–water partition coefficient (Wildman–Crippen LogP) is 1.93. The minimum absolute atomic E-state index is 0. The van der Waals surface area contributed by atoms with E-state index in [1.165, 1.54) is 11.8 Å². The summed E-state index contributed by atoms with van der Waals surface area (Å²) in [5.41, 5.74) is 0. The van der Waals surface area contributed by atoms with Crippen LogP contribution in [0.25, 0.3) is 0 Å². The molecule has 1 unspecified atom stereocenters. The zero-order valence-electron chi connectivity index (χ0n) is 11.4. The lowest BCUT2D eigenvalue weighted by Crippen LogP contribution is -2.37. The number of nitrogens with one attached hydrogen (secondary N) is 2. The minimum Gasteiger partial charge on any atom is -0.497 e. The molecule has 108 valence electrons. The van der Waals surface area contributed by atoms with Crippen molar-refractivity contribution in [1.82, 2.24) is 10.6 Å². The summed E-state index contributed by atoms with van der Waals surface area (Å²) >= 11 is 1.50. The molecule has 0 heterocycles. The SMILES string of the molecule is CNC(C)CNC(=O)CSc1cccc(OC)c1.Cl. The molecule has 0 aliphatic carbocycles. The highest BCUT2D eigenvalue weighted by molar-refractivity contribution is 8.00. The number of methoxy groups -OCH3 is 1. The summed E-state index contributed by atoms with van der Waals surface area (Å²) in [4.78, 5) is 12.6. The first-order valence-corrected chi connectivity index (χ1v) is 6.85. The maximum atomic E-state index is 11.6. The van der Waals surface area contributed by atoms with Gasteiger partial charge in [-0.25, -0.2) is 0 Å². The van der Waals surface area contributed by atoms with Gasteiger partial charge in [0.2, 0.25) is 5.91 Å². The molecule has 2 N–H and O–H groups in total. The molecule has 0 radical (unpaired) electrons. The molecule has 0 fully saturated rings. The number of hydrogen-bond donors (Lipinski definition) is 2. The molecule has 6 heteroatoms. The van der Waals surface area contributed by atoms with Gasteiger partial charge in [-0.05, 0) is 32.2 Å². The lowest BCUT2D eigenvalue weighted by Gasteiger charge is -2.11. The molecule has 0 aliphatic rings. The number of carbonyl (C=O) groups excluding carboxylic acids is 1. The van der Waals surface area contributed by atoms with Crippen molar-refractivity contribution in [3.8, 4) is 5.75 Å². The molecule has 0 saturated carbocycles. The highest BCUT2D eigenvalue weighted by atomic mass is 35.5. The van der Waals surface area contributed by atoms with Gasteiger partial charge >= 0.3 is 0 Å². The Balaban J connectivity index is 0.00000324. The van der Waals surface area contributed by atoms with Gasteiger partial charge in [-0.2, -0.15) is 0 Å². The lowest BCUT2D eigenvalue weighted by atomic mass is 10.3. The summed E-state index contributed by atoms with van der Waals surface area (Å²) in [5, 5.41) is 5.95. The third kappa shape index (κ3) is 7.30. The highest BCUT2D eigenvalue weighted by Crippen LogP contribution is 2.22. The molecule has 1 aromatic rings. The fraction of sp³-hybridized carbons (Fsp3) is 0.462. The molecule has 0 aromatic heterocycles. The molecule has 1 rings (SSSR count). The monoisotopic (exact) mass is 304 g/mol. The second-order valence-corrected chi connectivity index (χ2v) is 5.01. The summed E-state index contributed by atoms with van der Waals surface area (Å²) in [7, 11) is 3.51. The van der Waals surface area contributed by atoms with Crippen molar-refractivity contribution >= 4 is 30.1 Å². The number of amides is 1. The van der Waals surface area contributed by atoms with E-state index in [2.05, 4.69) is 10.6 Å². The van der Waals surface area contributed by atoms with Crippen LogP contribution < -0.4 is 15.4 Å². The Morgan fingerprint density at radius 3 is 2.84 bits per heavy atom. The number of halogens is 1. The van der Waals surface area contributed by atoms with E-state index in [1.54, 1.807) is 7.11 Å². The van der Waals surface area contributed by atoms with Crippen LogP contribution in [-0.2, 0) is 4.79 Å². The van der Waals surface area contributed by atoms with E-state index in [0.29, 0.717) is 12.3 Å². The Bertz CT molecular complexity index is 391. The third-order valence-corrected chi connectivity index (χ3v) is 3.50. The standard InChI is InChI=1S/C13H20N2O2S.ClH/c1-10(14-2)8-15-13(16)9-18-12-6-4-5-11(7-12)17-3;/h4-7,10,14H,8-9H2,1-3H3,(H,15,16);1H. The number of carbonyl (C=O) groups is 1. The van der Waals surface area contributed by atoms with Crippen LogP contribution in [0.2, 0.25) is 0 Å². The van der Waals surface area contributed by atoms with Gasteiger partial charge in [-0.3, -0.25) is 4.79 Å². The quantitative estimate of drug-likeness (QED) is 0.756. The first kappa shape index (κ1) is 18.1. The van der Waals surface area contributed by atoms with Crippen molar-refractivity contribution < 1.29 is 9.53 Å². The molecule has 0 bridgehead atoms. The predicted molar refractivity (Wildman–Crippen MR) is 82.5 cm³/mol. The molecule has 1 amide bonds. The van der Waals surface area contributed by atoms with Crippen LogP contribution in [0.3, 0.4) is 0 Å². The zero-order chi connectivity index (χ0) is 13.4. The summed E-state index contributed by atoms with van der Waals surface area (Å²) in [6, 6.07) is 7.99. The van der Waals surface area contributed by atoms with Gasteiger partial charge in [0.05, 0.1) is 12.9 Å². The van der Waals surface area contributed by atoms with Crippen molar-refractivity contribution in [2.75, 3.05) is 26.5 Å². The van der Waals surface area contributed by atoms with Crippen molar-refractivity contribution in [2.24, 2.45) is 0 Å². The molecule has 0 spiro atoms. The van der Waals surface area contributed by atoms with E-state index in [4.69, 9.17) is 4.74 Å². The maximum absolute atomic E-state index is 11.6. The summed E-state index contributed by atoms with van der Waals surface area (Å²) < 4.78 is 5.13. The third-order valence-electron chi connectivity index (χ3n) is 2.51. The van der Waals surface area contributed by atoms with E-state index >= 15 is 0 Å². The molecule has 1 aromatic carbocycles. The smallest absolute Gasteiger partial charge is 0.230 e. The van der Waals surface area contributed by atoms with E-state index in [-0.39, 0.29) is 24.4 Å². The van der Waals surface area contributed by atoms with Crippen molar-refractivity contribution in [2.45, 2.75) is 17.9 Å². The topological polar surface area (TPSA) is 50.4 Å². The summed E-state index contributed by atoms with van der Waals surface area (Å²) in [6.07, 6.45) is 0. The van der Waals surface area contributed by atoms with Crippen LogP contribution >= 0.6 is 24.2 Å². The minimum atomic E-state index is 0. The Morgan fingerprint density at radius 1 is 1.47 bits per heavy atom. The number of likely N-dealkylation sites (N-methyl/N-ethyl adjacent to an activating group) is 1. The fourth-order valence-corrected chi connectivity index (χ4v) is 2.03. The first-order chi connectivity index (χ1) is 8.65. The van der Waals surface area contributed by atoms with Crippen LogP contribution in [0.15, 0.2) is 29.2 Å².